The number of hydrogen-bond acceptors (Lipinski definition) is 4. The summed E-state index contributed by atoms with van der Waals surface area (Å²) in [5.74, 6) is 2.16. The van der Waals surface area contributed by atoms with Gasteiger partial charge in [-0.3, -0.25) is 4.90 Å². The second kappa shape index (κ2) is 11.5. The van der Waals surface area contributed by atoms with E-state index in [1.54, 1.807) is 12.1 Å². The number of hydrogen-bond donors (Lipinski definition) is 1. The highest BCUT2D eigenvalue weighted by atomic mass is 35.5. The van der Waals surface area contributed by atoms with Crippen LogP contribution in [0.3, 0.4) is 0 Å². The number of anilines is 1. The van der Waals surface area contributed by atoms with Crippen LogP contribution in [0, 0.1) is 18.2 Å². The van der Waals surface area contributed by atoms with Crippen LogP contribution in [0.1, 0.15) is 0 Å². The van der Waals surface area contributed by atoms with Crippen molar-refractivity contribution in [2.45, 2.75) is 6.10 Å². The van der Waals surface area contributed by atoms with Gasteiger partial charge in [0.2, 0.25) is 0 Å². The number of aliphatic hydroxyl groups excluding tert-OH is 1. The van der Waals surface area contributed by atoms with Crippen LogP contribution in [-0.2, 0) is 4.74 Å². The minimum Gasteiger partial charge on any atom is -0.389 e. The molecule has 1 N–H and O–H groups in total. The zero-order valence-electron chi connectivity index (χ0n) is 12.9. The zero-order valence-corrected chi connectivity index (χ0v) is 14.5. The van der Waals surface area contributed by atoms with Crippen molar-refractivity contribution in [1.82, 2.24) is 4.90 Å². The van der Waals surface area contributed by atoms with Gasteiger partial charge in [0.05, 0.1) is 12.7 Å². The van der Waals surface area contributed by atoms with Gasteiger partial charge in [0, 0.05) is 38.4 Å². The van der Waals surface area contributed by atoms with Gasteiger partial charge in [0.25, 0.3) is 0 Å². The van der Waals surface area contributed by atoms with E-state index in [9.17, 15) is 9.50 Å². The lowest BCUT2D eigenvalue weighted by atomic mass is 10.2. The molecule has 0 bridgehead atoms. The largest absolute Gasteiger partial charge is 0.389 e. The van der Waals surface area contributed by atoms with E-state index in [0.29, 0.717) is 6.54 Å². The van der Waals surface area contributed by atoms with E-state index in [-0.39, 0.29) is 43.8 Å². The Hall–Kier alpha value is -1.03. The first-order chi connectivity index (χ1) is 10.2. The molecule has 0 amide bonds. The number of halogens is 3. The highest BCUT2D eigenvalue weighted by Gasteiger charge is 2.19. The number of benzene rings is 1. The minimum atomic E-state index is -0.518. The van der Waals surface area contributed by atoms with Gasteiger partial charge in [-0.15, -0.1) is 31.2 Å². The lowest BCUT2D eigenvalue weighted by Gasteiger charge is -2.36. The van der Waals surface area contributed by atoms with Crippen LogP contribution in [0.5, 0.6) is 0 Å². The molecule has 2 rings (SSSR count). The van der Waals surface area contributed by atoms with E-state index in [2.05, 4.69) is 15.7 Å². The molecule has 1 heterocycles. The van der Waals surface area contributed by atoms with Crippen LogP contribution in [0.25, 0.3) is 0 Å². The van der Waals surface area contributed by atoms with E-state index in [1.807, 2.05) is 0 Å². The second-order valence-corrected chi connectivity index (χ2v) is 5.14. The molecule has 4 nitrogen and oxygen atoms in total. The number of ether oxygens (including phenoxy) is 1. The molecule has 1 fully saturated rings. The molecule has 130 valence electrons. The topological polar surface area (TPSA) is 35.9 Å². The van der Waals surface area contributed by atoms with Crippen LogP contribution in [0.2, 0.25) is 0 Å². The standard InChI is InChI=1S/C16H21FN2O2.2ClH/c1-2-11-21-13-16(20)12-18-7-9-19(10-8-18)15-5-3-14(17)4-6-15;;/h1,3-6,16,20H,7-13H2;2*1H. The Balaban J connectivity index is 0.00000242. The number of aliphatic hydroxyl groups is 1. The fourth-order valence-corrected chi connectivity index (χ4v) is 2.45. The van der Waals surface area contributed by atoms with Crippen molar-refractivity contribution >= 4 is 30.5 Å². The Kier molecular flexibility index (Phi) is 11.0. The summed E-state index contributed by atoms with van der Waals surface area (Å²) in [6.07, 6.45) is 4.56. The molecule has 1 aromatic rings. The first-order valence-electron chi connectivity index (χ1n) is 7.11. The zero-order chi connectivity index (χ0) is 15.1. The highest BCUT2D eigenvalue weighted by molar-refractivity contribution is 5.85. The van der Waals surface area contributed by atoms with Crippen molar-refractivity contribution in [2.75, 3.05) is 50.8 Å². The van der Waals surface area contributed by atoms with Crippen LogP contribution in [-0.4, -0.2) is 62.0 Å². The molecule has 0 saturated carbocycles. The molecule has 1 aromatic carbocycles. The molecule has 0 aromatic heterocycles. The summed E-state index contributed by atoms with van der Waals surface area (Å²) >= 11 is 0. The Bertz CT molecular complexity index is 474. The number of piperazine rings is 1. The molecular formula is C16H23Cl2FN2O2. The number of terminal acetylenes is 1. The average molecular weight is 365 g/mol. The summed E-state index contributed by atoms with van der Waals surface area (Å²) in [6.45, 7) is 4.54. The third-order valence-electron chi connectivity index (χ3n) is 3.53. The Morgan fingerprint density at radius 2 is 1.78 bits per heavy atom. The van der Waals surface area contributed by atoms with Crippen molar-refractivity contribution in [1.29, 1.82) is 0 Å². The molecule has 1 atom stereocenters. The van der Waals surface area contributed by atoms with E-state index in [0.717, 1.165) is 31.9 Å². The summed E-state index contributed by atoms with van der Waals surface area (Å²) in [5, 5.41) is 9.85. The first-order valence-corrected chi connectivity index (χ1v) is 7.11. The predicted octanol–water partition coefficient (Wildman–Crippen LogP) is 1.80. The monoisotopic (exact) mass is 364 g/mol. The fraction of sp³-hybridized carbons (Fsp3) is 0.500. The number of β-amino-alcohol motifs (C(OH)–C–C–N with tert-alkyl or cyclic N) is 1. The number of nitrogens with zero attached hydrogens (tertiary/aromatic N) is 2. The average Bonchev–Trinajstić information content (AvgIpc) is 2.49. The molecule has 0 aliphatic carbocycles. The lowest BCUT2D eigenvalue weighted by Crippen LogP contribution is -2.49. The third kappa shape index (κ3) is 7.38. The molecule has 23 heavy (non-hydrogen) atoms. The maximum Gasteiger partial charge on any atom is 0.123 e. The quantitative estimate of drug-likeness (QED) is 0.616. The van der Waals surface area contributed by atoms with Crippen LogP contribution in [0.15, 0.2) is 24.3 Å². The first kappa shape index (κ1) is 22.0. The third-order valence-corrected chi connectivity index (χ3v) is 3.53. The van der Waals surface area contributed by atoms with Crippen LogP contribution < -0.4 is 4.90 Å². The van der Waals surface area contributed by atoms with Gasteiger partial charge in [0.1, 0.15) is 12.4 Å². The summed E-state index contributed by atoms with van der Waals surface area (Å²) in [6, 6.07) is 6.56. The SMILES string of the molecule is C#CCOCC(O)CN1CCN(c2ccc(F)cc2)CC1.Cl.Cl. The summed E-state index contributed by atoms with van der Waals surface area (Å²) in [7, 11) is 0. The molecule has 1 aliphatic heterocycles. The van der Waals surface area contributed by atoms with Gasteiger partial charge in [-0.2, -0.15) is 0 Å². The number of rotatable bonds is 6. The van der Waals surface area contributed by atoms with Crippen LogP contribution >= 0.6 is 24.8 Å². The van der Waals surface area contributed by atoms with Gasteiger partial charge in [0.15, 0.2) is 0 Å². The van der Waals surface area contributed by atoms with Gasteiger partial charge < -0.3 is 14.7 Å². The molecular weight excluding hydrogens is 342 g/mol. The van der Waals surface area contributed by atoms with Crippen molar-refractivity contribution in [3.8, 4) is 12.3 Å². The molecule has 7 heteroatoms. The maximum atomic E-state index is 12.9. The van der Waals surface area contributed by atoms with Crippen molar-refractivity contribution < 1.29 is 14.2 Å². The molecule has 1 aliphatic rings. The smallest absolute Gasteiger partial charge is 0.123 e. The van der Waals surface area contributed by atoms with Gasteiger partial charge >= 0.3 is 0 Å². The molecule has 1 unspecified atom stereocenters. The van der Waals surface area contributed by atoms with Gasteiger partial charge in [-0.1, -0.05) is 5.92 Å². The van der Waals surface area contributed by atoms with E-state index in [4.69, 9.17) is 11.2 Å². The molecule has 0 radical (unpaired) electrons. The predicted molar refractivity (Wildman–Crippen MR) is 95.2 cm³/mol. The minimum absolute atomic E-state index is 0. The maximum absolute atomic E-state index is 12.9. The summed E-state index contributed by atoms with van der Waals surface area (Å²) in [4.78, 5) is 4.42. The van der Waals surface area contributed by atoms with E-state index in [1.165, 1.54) is 12.1 Å². The van der Waals surface area contributed by atoms with Gasteiger partial charge in [-0.25, -0.2) is 4.39 Å². The fourth-order valence-electron chi connectivity index (χ4n) is 2.45. The van der Waals surface area contributed by atoms with Crippen molar-refractivity contribution in [2.24, 2.45) is 0 Å². The summed E-state index contributed by atoms with van der Waals surface area (Å²) in [5.41, 5.74) is 1.04. The normalized spacial score (nSPS) is 16.0. The molecule has 1 saturated heterocycles. The van der Waals surface area contributed by atoms with E-state index >= 15 is 0 Å². The lowest BCUT2D eigenvalue weighted by molar-refractivity contribution is 0.0267. The Morgan fingerprint density at radius 3 is 2.35 bits per heavy atom. The van der Waals surface area contributed by atoms with E-state index < -0.39 is 6.10 Å². The van der Waals surface area contributed by atoms with Crippen molar-refractivity contribution in [3.05, 3.63) is 30.1 Å². The van der Waals surface area contributed by atoms with Gasteiger partial charge in [-0.05, 0) is 24.3 Å². The summed E-state index contributed by atoms with van der Waals surface area (Å²) < 4.78 is 18.0. The molecule has 0 spiro atoms. The van der Waals surface area contributed by atoms with Crippen LogP contribution in [0.4, 0.5) is 10.1 Å². The Morgan fingerprint density at radius 1 is 1.17 bits per heavy atom. The highest BCUT2D eigenvalue weighted by Crippen LogP contribution is 2.16. The second-order valence-electron chi connectivity index (χ2n) is 5.14. The Labute approximate surface area is 149 Å². The van der Waals surface area contributed by atoms with Crippen molar-refractivity contribution in [3.63, 3.8) is 0 Å².